The third-order valence-corrected chi connectivity index (χ3v) is 2.64. The summed E-state index contributed by atoms with van der Waals surface area (Å²) in [6.45, 7) is 0.635. The van der Waals surface area contributed by atoms with E-state index in [4.69, 9.17) is 10.5 Å². The highest BCUT2D eigenvalue weighted by Gasteiger charge is 2.43. The van der Waals surface area contributed by atoms with Crippen molar-refractivity contribution in [2.45, 2.75) is 37.4 Å². The van der Waals surface area contributed by atoms with E-state index in [1.165, 1.54) is 0 Å². The first-order valence-electron chi connectivity index (χ1n) is 4.49. The Bertz CT molecular complexity index is 217. The highest BCUT2D eigenvalue weighted by Crippen LogP contribution is 2.40. The molecule has 2 N–H and O–H groups in total. The maximum absolute atomic E-state index is 14.0. The van der Waals surface area contributed by atoms with Crippen LogP contribution in [0, 0.1) is 0 Å². The van der Waals surface area contributed by atoms with Crippen molar-refractivity contribution in [2.75, 3.05) is 6.61 Å². The third kappa shape index (κ3) is 1.22. The van der Waals surface area contributed by atoms with Crippen molar-refractivity contribution in [2.24, 2.45) is 5.73 Å². The maximum atomic E-state index is 14.0. The van der Waals surface area contributed by atoms with Crippen LogP contribution in [0.1, 0.15) is 25.7 Å². The minimum Gasteiger partial charge on any atom is -0.495 e. The lowest BCUT2D eigenvalue weighted by atomic mass is 10.0. The van der Waals surface area contributed by atoms with Gasteiger partial charge in [0, 0.05) is 18.9 Å². The molecule has 0 amide bonds. The fourth-order valence-electron chi connectivity index (χ4n) is 1.99. The number of ether oxygens (including phenoxy) is 1. The molecule has 0 spiro atoms. The number of halogens is 1. The molecule has 1 heterocycles. The van der Waals surface area contributed by atoms with Crippen molar-refractivity contribution in [1.82, 2.24) is 0 Å². The normalized spacial score (nSPS) is 41.2. The van der Waals surface area contributed by atoms with Gasteiger partial charge in [0.15, 0.2) is 5.67 Å². The van der Waals surface area contributed by atoms with Crippen LogP contribution in [0.2, 0.25) is 0 Å². The van der Waals surface area contributed by atoms with Crippen molar-refractivity contribution >= 4 is 0 Å². The van der Waals surface area contributed by atoms with Gasteiger partial charge >= 0.3 is 0 Å². The van der Waals surface area contributed by atoms with Crippen molar-refractivity contribution < 1.29 is 9.13 Å². The minimum absolute atomic E-state index is 0.0140. The first-order chi connectivity index (χ1) is 5.71. The molecule has 0 bridgehead atoms. The van der Waals surface area contributed by atoms with Crippen LogP contribution in [0.5, 0.6) is 0 Å². The van der Waals surface area contributed by atoms with Gasteiger partial charge < -0.3 is 10.5 Å². The standard InChI is InChI=1S/C9H14FNO/c10-9(4-3-7(11)6-9)8-2-1-5-12-8/h2,7H,1,3-6,11H2. The third-order valence-electron chi connectivity index (χ3n) is 2.64. The van der Waals surface area contributed by atoms with Gasteiger partial charge in [-0.25, -0.2) is 4.39 Å². The van der Waals surface area contributed by atoms with Gasteiger partial charge in [-0.15, -0.1) is 0 Å². The molecular formula is C9H14FNO. The molecule has 2 rings (SSSR count). The second kappa shape index (κ2) is 2.73. The van der Waals surface area contributed by atoms with Crippen molar-refractivity contribution in [3.63, 3.8) is 0 Å². The van der Waals surface area contributed by atoms with E-state index in [9.17, 15) is 4.39 Å². The van der Waals surface area contributed by atoms with Crippen molar-refractivity contribution in [3.8, 4) is 0 Å². The molecule has 1 aliphatic carbocycles. The van der Waals surface area contributed by atoms with E-state index < -0.39 is 5.67 Å². The van der Waals surface area contributed by atoms with E-state index in [1.807, 2.05) is 6.08 Å². The Labute approximate surface area is 71.6 Å². The van der Waals surface area contributed by atoms with Crippen LogP contribution in [0.25, 0.3) is 0 Å². The van der Waals surface area contributed by atoms with Crippen LogP contribution in [0.15, 0.2) is 11.8 Å². The Morgan fingerprint density at radius 3 is 3.00 bits per heavy atom. The average Bonchev–Trinajstić information content (AvgIpc) is 2.59. The first-order valence-corrected chi connectivity index (χ1v) is 4.49. The van der Waals surface area contributed by atoms with Crippen molar-refractivity contribution in [1.29, 1.82) is 0 Å². The van der Waals surface area contributed by atoms with E-state index in [1.54, 1.807) is 0 Å². The summed E-state index contributed by atoms with van der Waals surface area (Å²) >= 11 is 0. The van der Waals surface area contributed by atoms with Crippen LogP contribution in [-0.4, -0.2) is 18.3 Å². The SMILES string of the molecule is NC1CCC(F)(C2=CCCO2)C1. The van der Waals surface area contributed by atoms with Crippen LogP contribution in [0.4, 0.5) is 4.39 Å². The van der Waals surface area contributed by atoms with Gasteiger partial charge in [-0.3, -0.25) is 0 Å². The molecule has 2 atom stereocenters. The van der Waals surface area contributed by atoms with E-state index in [0.717, 1.165) is 12.8 Å². The summed E-state index contributed by atoms with van der Waals surface area (Å²) in [6, 6.07) is 0.0140. The Balaban J connectivity index is 2.10. The molecule has 0 aromatic carbocycles. The summed E-state index contributed by atoms with van der Waals surface area (Å²) in [7, 11) is 0. The Morgan fingerprint density at radius 1 is 1.67 bits per heavy atom. The monoisotopic (exact) mass is 171 g/mol. The lowest BCUT2D eigenvalue weighted by molar-refractivity contribution is 0.106. The molecule has 12 heavy (non-hydrogen) atoms. The number of hydrogen-bond acceptors (Lipinski definition) is 2. The zero-order valence-corrected chi connectivity index (χ0v) is 7.05. The van der Waals surface area contributed by atoms with Crippen LogP contribution < -0.4 is 5.73 Å². The second-order valence-electron chi connectivity index (χ2n) is 3.67. The zero-order chi connectivity index (χ0) is 8.60. The highest BCUT2D eigenvalue weighted by atomic mass is 19.1. The molecule has 1 aliphatic heterocycles. The predicted molar refractivity (Wildman–Crippen MR) is 44.3 cm³/mol. The van der Waals surface area contributed by atoms with E-state index in [2.05, 4.69) is 0 Å². The second-order valence-corrected chi connectivity index (χ2v) is 3.67. The van der Waals surface area contributed by atoms with Gasteiger partial charge in [0.1, 0.15) is 5.76 Å². The van der Waals surface area contributed by atoms with E-state index >= 15 is 0 Å². The van der Waals surface area contributed by atoms with Gasteiger partial charge in [0.05, 0.1) is 6.61 Å². The zero-order valence-electron chi connectivity index (χ0n) is 7.05. The quantitative estimate of drug-likeness (QED) is 0.649. The average molecular weight is 171 g/mol. The molecule has 2 nitrogen and oxygen atoms in total. The fraction of sp³-hybridized carbons (Fsp3) is 0.778. The molecular weight excluding hydrogens is 157 g/mol. The number of allylic oxidation sites excluding steroid dienone is 1. The van der Waals surface area contributed by atoms with Gasteiger partial charge in [0.2, 0.25) is 0 Å². The largest absolute Gasteiger partial charge is 0.495 e. The molecule has 0 saturated heterocycles. The summed E-state index contributed by atoms with van der Waals surface area (Å²) in [5, 5.41) is 0. The Hall–Kier alpha value is -0.570. The molecule has 68 valence electrons. The molecule has 2 aliphatic rings. The summed E-state index contributed by atoms with van der Waals surface area (Å²) in [5.41, 5.74) is 4.42. The van der Waals surface area contributed by atoms with Gasteiger partial charge in [0.25, 0.3) is 0 Å². The number of nitrogens with two attached hydrogens (primary N) is 1. The van der Waals surface area contributed by atoms with Crippen molar-refractivity contribution in [3.05, 3.63) is 11.8 Å². The van der Waals surface area contributed by atoms with Gasteiger partial charge in [-0.05, 0) is 18.9 Å². The summed E-state index contributed by atoms with van der Waals surface area (Å²) in [4.78, 5) is 0. The minimum atomic E-state index is -1.24. The van der Waals surface area contributed by atoms with E-state index in [0.29, 0.717) is 25.2 Å². The van der Waals surface area contributed by atoms with Gasteiger partial charge in [-0.2, -0.15) is 0 Å². The Kier molecular flexibility index (Phi) is 1.83. The van der Waals surface area contributed by atoms with E-state index in [-0.39, 0.29) is 6.04 Å². The molecule has 0 aromatic heterocycles. The topological polar surface area (TPSA) is 35.2 Å². The fourth-order valence-corrected chi connectivity index (χ4v) is 1.99. The molecule has 1 fully saturated rings. The molecule has 1 saturated carbocycles. The summed E-state index contributed by atoms with van der Waals surface area (Å²) < 4.78 is 19.2. The molecule has 3 heteroatoms. The summed E-state index contributed by atoms with van der Waals surface area (Å²) in [5.74, 6) is 0.537. The smallest absolute Gasteiger partial charge is 0.168 e. The predicted octanol–water partition coefficient (Wildman–Crippen LogP) is 1.51. The molecule has 0 aromatic rings. The Morgan fingerprint density at radius 2 is 2.50 bits per heavy atom. The number of alkyl halides is 1. The number of hydrogen-bond donors (Lipinski definition) is 1. The molecule has 0 radical (unpaired) electrons. The lowest BCUT2D eigenvalue weighted by Crippen LogP contribution is -2.25. The highest BCUT2D eigenvalue weighted by molar-refractivity contribution is 5.16. The van der Waals surface area contributed by atoms with Crippen LogP contribution in [-0.2, 0) is 4.74 Å². The van der Waals surface area contributed by atoms with Crippen LogP contribution in [0.3, 0.4) is 0 Å². The lowest BCUT2D eigenvalue weighted by Gasteiger charge is -2.20. The maximum Gasteiger partial charge on any atom is 0.168 e. The van der Waals surface area contributed by atoms with Crippen LogP contribution >= 0.6 is 0 Å². The summed E-state index contributed by atoms with van der Waals surface area (Å²) in [6.07, 6.45) is 4.43. The molecule has 2 unspecified atom stereocenters. The van der Waals surface area contributed by atoms with Gasteiger partial charge in [-0.1, -0.05) is 0 Å². The first kappa shape index (κ1) is 8.05. The number of rotatable bonds is 1.